The summed E-state index contributed by atoms with van der Waals surface area (Å²) in [4.78, 5) is 21.9. The molecule has 1 heterocycles. The van der Waals surface area contributed by atoms with Crippen LogP contribution in [-0.2, 0) is 17.6 Å². The predicted octanol–water partition coefficient (Wildman–Crippen LogP) is 6.42. The zero-order valence-corrected chi connectivity index (χ0v) is 21.6. The van der Waals surface area contributed by atoms with E-state index < -0.39 is 0 Å². The summed E-state index contributed by atoms with van der Waals surface area (Å²) in [5.41, 5.74) is 10.2. The fraction of sp³-hybridized carbons (Fsp3) is 0.500. The first-order valence-electron chi connectivity index (χ1n) is 11.4. The lowest BCUT2D eigenvalue weighted by atomic mass is 9.93. The molecule has 1 amide bonds. The molecule has 0 saturated heterocycles. The number of aliphatic imine (C=N–C) groups is 1. The molecule has 1 rings (SSSR count). The highest BCUT2D eigenvalue weighted by molar-refractivity contribution is 7.98. The summed E-state index contributed by atoms with van der Waals surface area (Å²) in [6, 6.07) is 0. The number of pyridine rings is 1. The second-order valence-corrected chi connectivity index (χ2v) is 8.73. The summed E-state index contributed by atoms with van der Waals surface area (Å²) in [7, 11) is 0. The van der Waals surface area contributed by atoms with Gasteiger partial charge >= 0.3 is 0 Å². The number of carbonyl (C=O) groups excluding carboxylic acids is 1. The van der Waals surface area contributed by atoms with Crippen molar-refractivity contribution in [2.45, 2.75) is 72.1 Å². The van der Waals surface area contributed by atoms with E-state index in [0.29, 0.717) is 11.7 Å². The van der Waals surface area contributed by atoms with Gasteiger partial charge in [0.05, 0.1) is 5.69 Å². The molecular weight excluding hydrogens is 416 g/mol. The Bertz CT molecular complexity index is 871. The number of hydrogen-bond donors (Lipinski definition) is 2. The van der Waals surface area contributed by atoms with Gasteiger partial charge in [-0.3, -0.25) is 9.79 Å². The number of unbranched alkanes of at least 4 members (excludes halogenated alkanes) is 1. The van der Waals surface area contributed by atoms with Crippen LogP contribution >= 0.6 is 11.8 Å². The first kappa shape index (κ1) is 27.7. The number of nitrogens with two attached hydrogens (primary N) is 1. The maximum atomic E-state index is 11.4. The molecule has 0 saturated carbocycles. The molecule has 6 heteroatoms. The topological polar surface area (TPSA) is 80.4 Å². The summed E-state index contributed by atoms with van der Waals surface area (Å²) >= 11 is 1.69. The fourth-order valence-electron chi connectivity index (χ4n) is 3.35. The smallest absolute Gasteiger partial charge is 0.221 e. The Morgan fingerprint density at radius 1 is 1.28 bits per heavy atom. The van der Waals surface area contributed by atoms with Crippen LogP contribution < -0.4 is 11.1 Å². The van der Waals surface area contributed by atoms with Crippen LogP contribution in [0.2, 0.25) is 0 Å². The lowest BCUT2D eigenvalue weighted by Gasteiger charge is -2.16. The van der Waals surface area contributed by atoms with Crippen molar-refractivity contribution in [1.29, 1.82) is 0 Å². The van der Waals surface area contributed by atoms with E-state index in [1.807, 2.05) is 25.3 Å². The third-order valence-corrected chi connectivity index (χ3v) is 6.07. The minimum atomic E-state index is -0.0624. The maximum Gasteiger partial charge on any atom is 0.221 e. The molecule has 0 aliphatic heterocycles. The van der Waals surface area contributed by atoms with E-state index in [4.69, 9.17) is 10.7 Å². The van der Waals surface area contributed by atoms with Gasteiger partial charge in [0.15, 0.2) is 5.82 Å². The Labute approximate surface area is 198 Å². The molecule has 0 aliphatic carbocycles. The molecule has 2 atom stereocenters. The van der Waals surface area contributed by atoms with Gasteiger partial charge in [0.25, 0.3) is 0 Å². The molecule has 1 aromatic heterocycles. The molecule has 0 fully saturated rings. The fourth-order valence-corrected chi connectivity index (χ4v) is 4.20. The second kappa shape index (κ2) is 14.7. The Morgan fingerprint density at radius 2 is 2.00 bits per heavy atom. The summed E-state index contributed by atoms with van der Waals surface area (Å²) in [5, 5.41) is 2.88. The molecule has 0 aromatic carbocycles. The molecule has 0 radical (unpaired) electrons. The van der Waals surface area contributed by atoms with Crippen molar-refractivity contribution in [1.82, 2.24) is 10.3 Å². The van der Waals surface area contributed by atoms with Crippen molar-refractivity contribution in [2.24, 2.45) is 16.8 Å². The van der Waals surface area contributed by atoms with Gasteiger partial charge in [0, 0.05) is 30.2 Å². The van der Waals surface area contributed by atoms with Crippen LogP contribution in [0.1, 0.15) is 65.6 Å². The standard InChI is InChI=1S/C26H40N4OS/c1-8-11-16-28-24-25(32-7)22(10-3)23(30-26(24)27)15-12-14-18(4)19(5)17-21(13-9-2)29-20(6)31/h9,12-14,16-19H,8,10-11,15H2,1-7H3,(H2,27,30)(H,29,31)/b13-9-,14-12-,21-17+,28-16?. The second-order valence-electron chi connectivity index (χ2n) is 7.91. The van der Waals surface area contributed by atoms with Crippen LogP contribution in [0, 0.1) is 11.8 Å². The lowest BCUT2D eigenvalue weighted by molar-refractivity contribution is -0.118. The van der Waals surface area contributed by atoms with Crippen molar-refractivity contribution in [2.75, 3.05) is 12.0 Å². The number of nitrogens with zero attached hydrogens (tertiary/aromatic N) is 2. The number of allylic oxidation sites excluding steroid dienone is 5. The molecule has 0 aliphatic rings. The van der Waals surface area contributed by atoms with E-state index in [1.54, 1.807) is 11.8 Å². The minimum Gasteiger partial charge on any atom is -0.382 e. The van der Waals surface area contributed by atoms with Crippen molar-refractivity contribution < 1.29 is 4.79 Å². The minimum absolute atomic E-state index is 0.0624. The first-order valence-corrected chi connectivity index (χ1v) is 12.7. The lowest BCUT2D eigenvalue weighted by Crippen LogP contribution is -2.19. The average molecular weight is 457 g/mol. The van der Waals surface area contributed by atoms with Crippen LogP contribution in [-0.4, -0.2) is 23.4 Å². The number of thioether (sulfide) groups is 1. The van der Waals surface area contributed by atoms with Gasteiger partial charge in [-0.05, 0) is 49.5 Å². The van der Waals surface area contributed by atoms with Crippen molar-refractivity contribution in [3.8, 4) is 0 Å². The van der Waals surface area contributed by atoms with E-state index in [9.17, 15) is 4.79 Å². The number of nitrogen functional groups attached to an aromatic ring is 1. The highest BCUT2D eigenvalue weighted by atomic mass is 32.2. The number of anilines is 1. The van der Waals surface area contributed by atoms with Gasteiger partial charge in [0.2, 0.25) is 5.91 Å². The number of amides is 1. The van der Waals surface area contributed by atoms with Crippen LogP contribution in [0.15, 0.2) is 46.0 Å². The van der Waals surface area contributed by atoms with E-state index in [-0.39, 0.29) is 11.8 Å². The van der Waals surface area contributed by atoms with Crippen molar-refractivity contribution in [3.63, 3.8) is 0 Å². The molecule has 2 unspecified atom stereocenters. The molecular formula is C26H40N4OS. The van der Waals surface area contributed by atoms with Gasteiger partial charge in [0.1, 0.15) is 5.69 Å². The quantitative estimate of drug-likeness (QED) is 0.165. The Balaban J connectivity index is 3.07. The van der Waals surface area contributed by atoms with Gasteiger partial charge in [-0.1, -0.05) is 58.4 Å². The number of aromatic nitrogens is 1. The van der Waals surface area contributed by atoms with Crippen molar-refractivity contribution >= 4 is 35.4 Å². The number of rotatable bonds is 12. The molecule has 5 nitrogen and oxygen atoms in total. The SMILES string of the molecule is C/C=C\C(=C/C(C)C(C)/C=C\Cc1nc(N)c(N=CCCC)c(SC)c1CC)NC(C)=O. The monoisotopic (exact) mass is 456 g/mol. The highest BCUT2D eigenvalue weighted by Gasteiger charge is 2.16. The van der Waals surface area contributed by atoms with Gasteiger partial charge in [-0.25, -0.2) is 4.98 Å². The van der Waals surface area contributed by atoms with Crippen LogP contribution in [0.4, 0.5) is 11.5 Å². The summed E-state index contributed by atoms with van der Waals surface area (Å²) in [6.45, 7) is 12.1. The van der Waals surface area contributed by atoms with E-state index >= 15 is 0 Å². The largest absolute Gasteiger partial charge is 0.382 e. The Morgan fingerprint density at radius 3 is 2.56 bits per heavy atom. The van der Waals surface area contributed by atoms with Gasteiger partial charge in [-0.2, -0.15) is 0 Å². The summed E-state index contributed by atoms with van der Waals surface area (Å²) in [5.74, 6) is 1.01. The zero-order valence-electron chi connectivity index (χ0n) is 20.7. The zero-order chi connectivity index (χ0) is 24.1. The van der Waals surface area contributed by atoms with Gasteiger partial charge < -0.3 is 11.1 Å². The molecule has 32 heavy (non-hydrogen) atoms. The third-order valence-electron chi connectivity index (χ3n) is 5.22. The predicted molar refractivity (Wildman–Crippen MR) is 141 cm³/mol. The molecule has 176 valence electrons. The van der Waals surface area contributed by atoms with E-state index in [0.717, 1.165) is 47.7 Å². The molecule has 3 N–H and O–H groups in total. The average Bonchev–Trinajstić information content (AvgIpc) is 2.74. The Kier molecular flexibility index (Phi) is 12.7. The van der Waals surface area contributed by atoms with Gasteiger partial charge in [-0.15, -0.1) is 11.8 Å². The summed E-state index contributed by atoms with van der Waals surface area (Å²) < 4.78 is 0. The number of carbonyl (C=O) groups is 1. The summed E-state index contributed by atoms with van der Waals surface area (Å²) in [6.07, 6.45) is 17.9. The molecule has 0 spiro atoms. The number of nitrogens with one attached hydrogen (secondary N) is 1. The van der Waals surface area contributed by atoms with Crippen LogP contribution in [0.5, 0.6) is 0 Å². The maximum absolute atomic E-state index is 11.4. The number of hydrogen-bond acceptors (Lipinski definition) is 5. The van der Waals surface area contributed by atoms with Crippen LogP contribution in [0.3, 0.4) is 0 Å². The molecule has 1 aromatic rings. The Hall–Kier alpha value is -2.34. The third kappa shape index (κ3) is 8.65. The van der Waals surface area contributed by atoms with E-state index in [2.05, 4.69) is 62.5 Å². The highest BCUT2D eigenvalue weighted by Crippen LogP contribution is 2.37. The molecule has 0 bridgehead atoms. The van der Waals surface area contributed by atoms with E-state index in [1.165, 1.54) is 12.5 Å². The van der Waals surface area contributed by atoms with Crippen molar-refractivity contribution in [3.05, 3.63) is 47.3 Å². The normalized spacial score (nSPS) is 14.5. The first-order chi connectivity index (χ1) is 15.3. The van der Waals surface area contributed by atoms with Crippen LogP contribution in [0.25, 0.3) is 0 Å².